The molecule has 0 spiro atoms. The summed E-state index contributed by atoms with van der Waals surface area (Å²) in [6.45, 7) is 5.42. The van der Waals surface area contributed by atoms with Crippen LogP contribution in [0.5, 0.6) is 0 Å². The molecule has 1 aliphatic carbocycles. The van der Waals surface area contributed by atoms with Gasteiger partial charge in [0.15, 0.2) is 0 Å². The molecule has 0 aliphatic heterocycles. The van der Waals surface area contributed by atoms with E-state index in [0.717, 1.165) is 18.4 Å². The van der Waals surface area contributed by atoms with E-state index in [4.69, 9.17) is 4.74 Å². The molecule has 0 bridgehead atoms. The second-order valence-corrected chi connectivity index (χ2v) is 5.75. The summed E-state index contributed by atoms with van der Waals surface area (Å²) in [5, 5.41) is 5.78. The third kappa shape index (κ3) is 3.41. The van der Waals surface area contributed by atoms with Crippen molar-refractivity contribution in [2.75, 3.05) is 12.4 Å². The molecule has 2 rings (SSSR count). The van der Waals surface area contributed by atoms with Gasteiger partial charge in [-0.15, -0.1) is 0 Å². The predicted molar refractivity (Wildman–Crippen MR) is 71.9 cm³/mol. The molecule has 0 atom stereocenters. The number of amides is 1. The van der Waals surface area contributed by atoms with Gasteiger partial charge in [-0.25, -0.2) is 14.8 Å². The zero-order chi connectivity index (χ0) is 14.1. The van der Waals surface area contributed by atoms with Gasteiger partial charge in [0.05, 0.1) is 0 Å². The summed E-state index contributed by atoms with van der Waals surface area (Å²) in [6.07, 6.45) is 5.11. The summed E-state index contributed by atoms with van der Waals surface area (Å²) in [5.41, 5.74) is 0.545. The topological polar surface area (TPSA) is 76.1 Å². The van der Waals surface area contributed by atoms with Crippen LogP contribution in [0, 0.1) is 0 Å². The molecule has 0 aromatic carbocycles. The second-order valence-electron chi connectivity index (χ2n) is 5.75. The molecule has 104 valence electrons. The molecule has 0 radical (unpaired) electrons. The van der Waals surface area contributed by atoms with E-state index in [-0.39, 0.29) is 11.5 Å². The number of carbonyl (C=O) groups excluding carboxylic acids is 1. The van der Waals surface area contributed by atoms with Crippen molar-refractivity contribution >= 4 is 12.0 Å². The average molecular weight is 264 g/mol. The van der Waals surface area contributed by atoms with Crippen molar-refractivity contribution in [1.82, 2.24) is 15.3 Å². The van der Waals surface area contributed by atoms with Crippen molar-refractivity contribution in [2.45, 2.75) is 44.8 Å². The Morgan fingerprint density at radius 2 is 1.89 bits per heavy atom. The normalized spacial score (nSPS) is 16.8. The Labute approximate surface area is 113 Å². The smallest absolute Gasteiger partial charge is 0.414 e. The molecule has 1 fully saturated rings. The van der Waals surface area contributed by atoms with E-state index in [1.165, 1.54) is 0 Å². The number of aromatic nitrogens is 2. The second kappa shape index (κ2) is 4.77. The minimum atomic E-state index is -0.546. The molecular formula is C13H20N4O2. The third-order valence-electron chi connectivity index (χ3n) is 3.05. The Hall–Kier alpha value is -1.69. The maximum absolute atomic E-state index is 11.6. The molecule has 2 N–H and O–H groups in total. The Balaban J connectivity index is 1.98. The quantitative estimate of drug-likeness (QED) is 0.873. The van der Waals surface area contributed by atoms with Crippen LogP contribution in [-0.2, 0) is 10.3 Å². The largest absolute Gasteiger partial charge is 0.444 e. The molecule has 1 saturated carbocycles. The van der Waals surface area contributed by atoms with Crippen molar-refractivity contribution < 1.29 is 9.53 Å². The van der Waals surface area contributed by atoms with Crippen molar-refractivity contribution in [2.24, 2.45) is 0 Å². The Morgan fingerprint density at radius 1 is 1.32 bits per heavy atom. The lowest BCUT2D eigenvalue weighted by atomic mass is 10.1. The highest BCUT2D eigenvalue weighted by atomic mass is 16.6. The number of ether oxygens (including phenoxy) is 1. The Kier molecular flexibility index (Phi) is 3.45. The van der Waals surface area contributed by atoms with E-state index in [1.54, 1.807) is 33.2 Å². The maximum atomic E-state index is 11.6. The maximum Gasteiger partial charge on any atom is 0.414 e. The molecule has 6 nitrogen and oxygen atoms in total. The van der Waals surface area contributed by atoms with Crippen molar-refractivity contribution in [3.63, 3.8) is 0 Å². The highest BCUT2D eigenvalue weighted by Gasteiger charge is 2.43. The van der Waals surface area contributed by atoms with Gasteiger partial charge in [-0.05, 0) is 40.7 Å². The fraction of sp³-hybridized carbons (Fsp3) is 0.615. The van der Waals surface area contributed by atoms with Gasteiger partial charge in [-0.2, -0.15) is 0 Å². The molecule has 0 unspecified atom stereocenters. The van der Waals surface area contributed by atoms with Gasteiger partial charge >= 0.3 is 6.09 Å². The van der Waals surface area contributed by atoms with Crippen LogP contribution in [0.15, 0.2) is 12.4 Å². The lowest BCUT2D eigenvalue weighted by Gasteiger charge is -2.19. The molecular weight excluding hydrogens is 244 g/mol. The van der Waals surface area contributed by atoms with E-state index in [1.807, 2.05) is 7.05 Å². The summed E-state index contributed by atoms with van der Waals surface area (Å²) in [6, 6.07) is 0. The monoisotopic (exact) mass is 264 g/mol. The summed E-state index contributed by atoms with van der Waals surface area (Å²) in [5.74, 6) is 0.255. The van der Waals surface area contributed by atoms with Crippen LogP contribution in [0.2, 0.25) is 0 Å². The first-order chi connectivity index (χ1) is 8.85. The number of carbonyl (C=O) groups is 1. The Morgan fingerprint density at radius 3 is 2.32 bits per heavy atom. The molecule has 1 amide bonds. The lowest BCUT2D eigenvalue weighted by Crippen LogP contribution is -2.28. The summed E-state index contributed by atoms with van der Waals surface area (Å²) >= 11 is 0. The standard InChI is InChI=1S/C13H20N4O2/c1-12(2,3)19-11(18)17-10-15-7-9(8-16-10)13(14-4)5-6-13/h7-8,14H,5-6H2,1-4H3,(H,15,16,17,18). The van der Waals surface area contributed by atoms with E-state index >= 15 is 0 Å². The van der Waals surface area contributed by atoms with Gasteiger partial charge in [-0.3, -0.25) is 5.32 Å². The van der Waals surface area contributed by atoms with Crippen molar-refractivity contribution in [3.05, 3.63) is 18.0 Å². The molecule has 1 aromatic rings. The lowest BCUT2D eigenvalue weighted by molar-refractivity contribution is 0.0634. The first kappa shape index (κ1) is 13.7. The van der Waals surface area contributed by atoms with Gasteiger partial charge in [0, 0.05) is 23.5 Å². The highest BCUT2D eigenvalue weighted by molar-refractivity contribution is 5.82. The van der Waals surface area contributed by atoms with Gasteiger partial charge in [0.2, 0.25) is 5.95 Å². The zero-order valence-electron chi connectivity index (χ0n) is 11.8. The number of nitrogens with zero attached hydrogens (tertiary/aromatic N) is 2. The summed E-state index contributed by atoms with van der Waals surface area (Å²) < 4.78 is 5.13. The molecule has 1 aromatic heterocycles. The van der Waals surface area contributed by atoms with E-state index < -0.39 is 11.7 Å². The van der Waals surface area contributed by atoms with E-state index in [0.29, 0.717) is 0 Å². The molecule has 0 saturated heterocycles. The average Bonchev–Trinajstić information content (AvgIpc) is 3.08. The van der Waals surface area contributed by atoms with Gasteiger partial charge in [0.25, 0.3) is 0 Å². The van der Waals surface area contributed by atoms with Crippen LogP contribution in [0.4, 0.5) is 10.7 Å². The van der Waals surface area contributed by atoms with Crippen LogP contribution >= 0.6 is 0 Å². The highest BCUT2D eigenvalue weighted by Crippen LogP contribution is 2.44. The summed E-state index contributed by atoms with van der Waals surface area (Å²) in [7, 11) is 1.93. The SMILES string of the molecule is CNC1(c2cnc(NC(=O)OC(C)(C)C)nc2)CC1. The van der Waals surface area contributed by atoms with Crippen LogP contribution in [0.25, 0.3) is 0 Å². The molecule has 6 heteroatoms. The van der Waals surface area contributed by atoms with Crippen LogP contribution in [0.3, 0.4) is 0 Å². The van der Waals surface area contributed by atoms with Gasteiger partial charge < -0.3 is 10.1 Å². The van der Waals surface area contributed by atoms with Gasteiger partial charge in [-0.1, -0.05) is 0 Å². The van der Waals surface area contributed by atoms with Crippen molar-refractivity contribution in [3.8, 4) is 0 Å². The van der Waals surface area contributed by atoms with E-state index in [9.17, 15) is 4.79 Å². The first-order valence-electron chi connectivity index (χ1n) is 6.36. The number of nitrogens with one attached hydrogen (secondary N) is 2. The number of rotatable bonds is 3. The fourth-order valence-corrected chi connectivity index (χ4v) is 1.84. The van der Waals surface area contributed by atoms with Gasteiger partial charge in [0.1, 0.15) is 5.60 Å². The molecule has 1 heterocycles. The fourth-order valence-electron chi connectivity index (χ4n) is 1.84. The molecule has 1 aliphatic rings. The van der Waals surface area contributed by atoms with Crippen LogP contribution < -0.4 is 10.6 Å². The van der Waals surface area contributed by atoms with Crippen LogP contribution in [-0.4, -0.2) is 28.7 Å². The van der Waals surface area contributed by atoms with Crippen LogP contribution in [0.1, 0.15) is 39.2 Å². The van der Waals surface area contributed by atoms with E-state index in [2.05, 4.69) is 20.6 Å². The number of hydrogen-bond acceptors (Lipinski definition) is 5. The number of hydrogen-bond donors (Lipinski definition) is 2. The Bertz CT molecular complexity index is 461. The molecule has 19 heavy (non-hydrogen) atoms. The first-order valence-corrected chi connectivity index (χ1v) is 6.36. The third-order valence-corrected chi connectivity index (χ3v) is 3.05. The minimum absolute atomic E-state index is 0.0322. The van der Waals surface area contributed by atoms with Crippen molar-refractivity contribution in [1.29, 1.82) is 0 Å². The predicted octanol–water partition coefficient (Wildman–Crippen LogP) is 2.03. The summed E-state index contributed by atoms with van der Waals surface area (Å²) in [4.78, 5) is 19.8. The zero-order valence-corrected chi connectivity index (χ0v) is 11.8. The minimum Gasteiger partial charge on any atom is -0.444 e. The number of anilines is 1.